The first kappa shape index (κ1) is 12.0. The zero-order valence-electron chi connectivity index (χ0n) is 7.61. The van der Waals surface area contributed by atoms with E-state index in [1.807, 2.05) is 17.5 Å². The SMILES string of the molecule is OC(Cc1ccc(Br)s1)c1csc(I)c1. The van der Waals surface area contributed by atoms with Gasteiger partial charge in [-0.2, -0.15) is 0 Å². The minimum atomic E-state index is -0.379. The number of hydrogen-bond donors (Lipinski definition) is 1. The van der Waals surface area contributed by atoms with Crippen molar-refractivity contribution in [3.63, 3.8) is 0 Å². The Hall–Kier alpha value is 0.570. The van der Waals surface area contributed by atoms with Crippen LogP contribution >= 0.6 is 61.2 Å². The molecule has 2 aromatic heterocycles. The lowest BCUT2D eigenvalue weighted by Gasteiger charge is -2.06. The predicted molar refractivity (Wildman–Crippen MR) is 77.7 cm³/mol. The summed E-state index contributed by atoms with van der Waals surface area (Å²) in [6.07, 6.45) is 0.318. The number of thiophene rings is 2. The third-order valence-electron chi connectivity index (χ3n) is 2.00. The van der Waals surface area contributed by atoms with E-state index in [1.54, 1.807) is 22.7 Å². The molecule has 0 saturated heterocycles. The predicted octanol–water partition coefficient (Wildman–Crippen LogP) is 4.45. The maximum atomic E-state index is 9.99. The molecule has 0 fully saturated rings. The highest BCUT2D eigenvalue weighted by atomic mass is 127. The zero-order chi connectivity index (χ0) is 10.8. The van der Waals surface area contributed by atoms with E-state index < -0.39 is 0 Å². The van der Waals surface area contributed by atoms with Crippen molar-refractivity contribution in [1.29, 1.82) is 0 Å². The summed E-state index contributed by atoms with van der Waals surface area (Å²) in [6, 6.07) is 6.11. The molecule has 5 heteroatoms. The third-order valence-corrected chi connectivity index (χ3v) is 5.45. The fraction of sp³-hybridized carbons (Fsp3) is 0.200. The molecular formula is C10H8BrIOS2. The quantitative estimate of drug-likeness (QED) is 0.735. The fourth-order valence-corrected chi connectivity index (χ4v) is 4.21. The Bertz CT molecular complexity index is 452. The fourth-order valence-electron chi connectivity index (χ4n) is 1.27. The molecule has 2 heterocycles. The van der Waals surface area contributed by atoms with Crippen LogP contribution in [-0.2, 0) is 6.42 Å². The Kier molecular flexibility index (Phi) is 4.23. The van der Waals surface area contributed by atoms with Gasteiger partial charge in [0.2, 0.25) is 0 Å². The van der Waals surface area contributed by atoms with E-state index in [1.165, 1.54) is 7.76 Å². The Labute approximate surface area is 118 Å². The first-order valence-electron chi connectivity index (χ1n) is 4.31. The second kappa shape index (κ2) is 5.27. The van der Waals surface area contributed by atoms with E-state index >= 15 is 0 Å². The molecule has 0 spiro atoms. The van der Waals surface area contributed by atoms with E-state index in [9.17, 15) is 5.11 Å². The lowest BCUT2D eigenvalue weighted by Crippen LogP contribution is -1.98. The molecule has 1 unspecified atom stereocenters. The normalized spacial score (nSPS) is 13.0. The van der Waals surface area contributed by atoms with Gasteiger partial charge in [-0.05, 0) is 67.7 Å². The Morgan fingerprint density at radius 3 is 2.80 bits per heavy atom. The van der Waals surface area contributed by atoms with Crippen LogP contribution in [0.5, 0.6) is 0 Å². The molecule has 0 bridgehead atoms. The Balaban J connectivity index is 2.06. The van der Waals surface area contributed by atoms with E-state index in [2.05, 4.69) is 44.6 Å². The zero-order valence-corrected chi connectivity index (χ0v) is 13.0. The van der Waals surface area contributed by atoms with Crippen LogP contribution in [0.1, 0.15) is 16.5 Å². The number of hydrogen-bond acceptors (Lipinski definition) is 3. The van der Waals surface area contributed by atoms with Crippen LogP contribution < -0.4 is 0 Å². The van der Waals surface area contributed by atoms with E-state index in [4.69, 9.17) is 0 Å². The van der Waals surface area contributed by atoms with Crippen LogP contribution in [0.3, 0.4) is 0 Å². The van der Waals surface area contributed by atoms with E-state index in [0.29, 0.717) is 6.42 Å². The van der Waals surface area contributed by atoms with Gasteiger partial charge in [-0.15, -0.1) is 22.7 Å². The molecule has 0 aliphatic rings. The second-order valence-electron chi connectivity index (χ2n) is 3.11. The van der Waals surface area contributed by atoms with E-state index in [0.717, 1.165) is 9.35 Å². The molecule has 1 nitrogen and oxygen atoms in total. The van der Waals surface area contributed by atoms with Crippen LogP contribution in [0.4, 0.5) is 0 Å². The minimum Gasteiger partial charge on any atom is -0.388 e. The van der Waals surface area contributed by atoms with E-state index in [-0.39, 0.29) is 6.10 Å². The number of halogens is 2. The maximum absolute atomic E-state index is 9.99. The molecular weight excluding hydrogens is 407 g/mol. The summed E-state index contributed by atoms with van der Waals surface area (Å²) >= 11 is 9.04. The highest BCUT2D eigenvalue weighted by Crippen LogP contribution is 2.29. The standard InChI is InChI=1S/C10H8BrIOS2/c11-9-2-1-7(15-9)4-8(13)6-3-10(12)14-5-6/h1-3,5,8,13H,4H2. The highest BCUT2D eigenvalue weighted by Gasteiger charge is 2.11. The monoisotopic (exact) mass is 414 g/mol. The number of aliphatic hydroxyl groups excluding tert-OH is 1. The molecule has 0 radical (unpaired) electrons. The molecule has 2 aromatic rings. The summed E-state index contributed by atoms with van der Waals surface area (Å²) in [7, 11) is 0. The molecule has 2 rings (SSSR count). The molecule has 0 aliphatic heterocycles. The molecule has 0 aromatic carbocycles. The highest BCUT2D eigenvalue weighted by molar-refractivity contribution is 14.1. The first-order chi connectivity index (χ1) is 7.15. The summed E-state index contributed by atoms with van der Waals surface area (Å²) in [5.74, 6) is 0. The van der Waals surface area contributed by atoms with Gasteiger partial charge >= 0.3 is 0 Å². The molecule has 1 N–H and O–H groups in total. The minimum absolute atomic E-state index is 0.379. The van der Waals surface area contributed by atoms with Crippen LogP contribution in [0.2, 0.25) is 0 Å². The molecule has 80 valence electrons. The number of rotatable bonds is 3. The van der Waals surface area contributed by atoms with Crippen molar-refractivity contribution in [3.05, 3.63) is 40.7 Å². The van der Waals surface area contributed by atoms with Crippen molar-refractivity contribution in [2.45, 2.75) is 12.5 Å². The van der Waals surface area contributed by atoms with Crippen LogP contribution in [-0.4, -0.2) is 5.11 Å². The van der Waals surface area contributed by atoms with Crippen molar-refractivity contribution in [1.82, 2.24) is 0 Å². The summed E-state index contributed by atoms with van der Waals surface area (Å²) in [5, 5.41) is 12.0. The summed E-state index contributed by atoms with van der Waals surface area (Å²) in [4.78, 5) is 1.20. The molecule has 0 amide bonds. The van der Waals surface area contributed by atoms with Crippen LogP contribution in [0, 0.1) is 2.88 Å². The lowest BCUT2D eigenvalue weighted by atomic mass is 10.1. The average Bonchev–Trinajstić information content (AvgIpc) is 2.75. The number of aliphatic hydroxyl groups is 1. The first-order valence-corrected chi connectivity index (χ1v) is 7.88. The Morgan fingerprint density at radius 1 is 1.47 bits per heavy atom. The average molecular weight is 415 g/mol. The van der Waals surface area contributed by atoms with Crippen molar-refractivity contribution >= 4 is 61.2 Å². The lowest BCUT2D eigenvalue weighted by molar-refractivity contribution is 0.180. The molecule has 0 saturated carbocycles. The van der Waals surface area contributed by atoms with Crippen molar-refractivity contribution in [3.8, 4) is 0 Å². The van der Waals surface area contributed by atoms with Gasteiger partial charge in [-0.1, -0.05) is 0 Å². The van der Waals surface area contributed by atoms with Gasteiger partial charge < -0.3 is 5.11 Å². The van der Waals surface area contributed by atoms with Crippen LogP contribution in [0.25, 0.3) is 0 Å². The summed E-state index contributed by atoms with van der Waals surface area (Å²) in [6.45, 7) is 0. The van der Waals surface area contributed by atoms with Gasteiger partial charge in [0.15, 0.2) is 0 Å². The van der Waals surface area contributed by atoms with Gasteiger partial charge in [-0.25, -0.2) is 0 Å². The van der Waals surface area contributed by atoms with Gasteiger partial charge in [0.05, 0.1) is 12.8 Å². The Morgan fingerprint density at radius 2 is 2.27 bits per heavy atom. The van der Waals surface area contributed by atoms with Gasteiger partial charge in [0.25, 0.3) is 0 Å². The maximum Gasteiger partial charge on any atom is 0.0846 e. The molecule has 0 aliphatic carbocycles. The van der Waals surface area contributed by atoms with Crippen molar-refractivity contribution in [2.24, 2.45) is 0 Å². The third kappa shape index (κ3) is 3.26. The van der Waals surface area contributed by atoms with Gasteiger partial charge in [0, 0.05) is 11.3 Å². The molecule has 15 heavy (non-hydrogen) atoms. The summed E-state index contributed by atoms with van der Waals surface area (Å²) in [5.41, 5.74) is 1.02. The van der Waals surface area contributed by atoms with Crippen molar-refractivity contribution in [2.75, 3.05) is 0 Å². The molecule has 1 atom stereocenters. The topological polar surface area (TPSA) is 20.2 Å². The largest absolute Gasteiger partial charge is 0.388 e. The smallest absolute Gasteiger partial charge is 0.0846 e. The van der Waals surface area contributed by atoms with Crippen molar-refractivity contribution < 1.29 is 5.11 Å². The van der Waals surface area contributed by atoms with Gasteiger partial charge in [-0.3, -0.25) is 0 Å². The summed E-state index contributed by atoms with van der Waals surface area (Å²) < 4.78 is 2.33. The van der Waals surface area contributed by atoms with Gasteiger partial charge in [0.1, 0.15) is 0 Å². The second-order valence-corrected chi connectivity index (χ2v) is 8.46. The van der Waals surface area contributed by atoms with Crippen LogP contribution in [0.15, 0.2) is 27.4 Å².